The molecule has 2 aromatic heterocycles. The number of rotatable bonds is 6. The highest BCUT2D eigenvalue weighted by molar-refractivity contribution is 7.11. The third-order valence-electron chi connectivity index (χ3n) is 2.83. The van der Waals surface area contributed by atoms with Gasteiger partial charge in [-0.1, -0.05) is 6.92 Å². The van der Waals surface area contributed by atoms with Crippen molar-refractivity contribution in [2.75, 3.05) is 0 Å². The molecule has 2 aromatic rings. The Morgan fingerprint density at radius 2 is 2.42 bits per heavy atom. The summed E-state index contributed by atoms with van der Waals surface area (Å²) in [6.45, 7) is 4.55. The number of thiazole rings is 1. The van der Waals surface area contributed by atoms with Gasteiger partial charge in [0, 0.05) is 23.2 Å². The van der Waals surface area contributed by atoms with Gasteiger partial charge >= 0.3 is 5.97 Å². The summed E-state index contributed by atoms with van der Waals surface area (Å²) < 4.78 is 4.93. The van der Waals surface area contributed by atoms with Gasteiger partial charge in [0.25, 0.3) is 0 Å². The van der Waals surface area contributed by atoms with Crippen LogP contribution in [0.15, 0.2) is 22.9 Å². The average molecular weight is 280 g/mol. The summed E-state index contributed by atoms with van der Waals surface area (Å²) in [5, 5.41) is 13.2. The Morgan fingerprint density at radius 3 is 3.05 bits per heavy atom. The zero-order valence-electron chi connectivity index (χ0n) is 10.8. The molecule has 6 heteroatoms. The minimum atomic E-state index is -1.04. The van der Waals surface area contributed by atoms with Crippen LogP contribution in [0.3, 0.4) is 0 Å². The third kappa shape index (κ3) is 3.21. The van der Waals surface area contributed by atoms with E-state index in [0.717, 1.165) is 11.4 Å². The molecule has 0 aliphatic heterocycles. The minimum absolute atomic E-state index is 0.00640. The van der Waals surface area contributed by atoms with E-state index in [4.69, 9.17) is 9.52 Å². The molecular formula is C13H16N2O3S. The van der Waals surface area contributed by atoms with Gasteiger partial charge in [0.05, 0.1) is 12.3 Å². The molecule has 0 saturated heterocycles. The van der Waals surface area contributed by atoms with Crippen LogP contribution in [0.4, 0.5) is 0 Å². The number of aromatic nitrogens is 1. The first-order valence-electron chi connectivity index (χ1n) is 6.09. The van der Waals surface area contributed by atoms with Gasteiger partial charge in [-0.3, -0.25) is 0 Å². The van der Waals surface area contributed by atoms with Gasteiger partial charge in [-0.05, 0) is 19.4 Å². The summed E-state index contributed by atoms with van der Waals surface area (Å²) in [5.41, 5.74) is 0.645. The Morgan fingerprint density at radius 1 is 1.63 bits per heavy atom. The van der Waals surface area contributed by atoms with Gasteiger partial charge in [0.2, 0.25) is 5.76 Å². The molecule has 2 rings (SSSR count). The molecule has 1 unspecified atom stereocenters. The fraction of sp³-hybridized carbons (Fsp3) is 0.385. The Labute approximate surface area is 115 Å². The van der Waals surface area contributed by atoms with E-state index in [1.54, 1.807) is 17.4 Å². The molecule has 102 valence electrons. The molecule has 2 heterocycles. The van der Waals surface area contributed by atoms with Crippen LogP contribution in [-0.4, -0.2) is 16.1 Å². The standard InChI is InChI=1S/C13H16N2O3S/c1-3-10-7-15-12(19-10)8(2)14-6-9-4-5-18-11(9)13(16)17/h4-5,7-8,14H,3,6H2,1-2H3,(H,16,17). The highest BCUT2D eigenvalue weighted by Gasteiger charge is 2.15. The largest absolute Gasteiger partial charge is 0.475 e. The van der Waals surface area contributed by atoms with E-state index in [-0.39, 0.29) is 11.8 Å². The Bertz CT molecular complexity index is 562. The van der Waals surface area contributed by atoms with Crippen molar-refractivity contribution in [1.29, 1.82) is 0 Å². The lowest BCUT2D eigenvalue weighted by Crippen LogP contribution is -2.18. The van der Waals surface area contributed by atoms with Crippen molar-refractivity contribution in [3.63, 3.8) is 0 Å². The van der Waals surface area contributed by atoms with Gasteiger partial charge in [-0.2, -0.15) is 0 Å². The van der Waals surface area contributed by atoms with Crippen LogP contribution in [-0.2, 0) is 13.0 Å². The minimum Gasteiger partial charge on any atom is -0.475 e. The maximum atomic E-state index is 10.9. The molecule has 0 radical (unpaired) electrons. The summed E-state index contributed by atoms with van der Waals surface area (Å²) in [4.78, 5) is 16.5. The van der Waals surface area contributed by atoms with E-state index in [2.05, 4.69) is 17.2 Å². The second kappa shape index (κ2) is 5.99. The van der Waals surface area contributed by atoms with E-state index < -0.39 is 5.97 Å². The van der Waals surface area contributed by atoms with Gasteiger partial charge in [-0.25, -0.2) is 9.78 Å². The number of aryl methyl sites for hydroxylation is 1. The molecule has 0 aliphatic carbocycles. The Kier molecular flexibility index (Phi) is 4.34. The van der Waals surface area contributed by atoms with Crippen molar-refractivity contribution in [3.05, 3.63) is 39.7 Å². The van der Waals surface area contributed by atoms with Crippen molar-refractivity contribution in [3.8, 4) is 0 Å². The van der Waals surface area contributed by atoms with Crippen molar-refractivity contribution < 1.29 is 14.3 Å². The third-order valence-corrected chi connectivity index (χ3v) is 4.15. The quantitative estimate of drug-likeness (QED) is 0.851. The molecule has 0 aromatic carbocycles. The molecule has 0 spiro atoms. The van der Waals surface area contributed by atoms with Crippen LogP contribution in [0, 0.1) is 0 Å². The first-order chi connectivity index (χ1) is 9.11. The van der Waals surface area contributed by atoms with E-state index in [9.17, 15) is 4.79 Å². The van der Waals surface area contributed by atoms with Gasteiger partial charge in [0.1, 0.15) is 5.01 Å². The lowest BCUT2D eigenvalue weighted by molar-refractivity contribution is 0.0660. The van der Waals surface area contributed by atoms with Crippen LogP contribution in [0.1, 0.15) is 45.9 Å². The zero-order valence-corrected chi connectivity index (χ0v) is 11.7. The molecule has 5 nitrogen and oxygen atoms in total. The monoisotopic (exact) mass is 280 g/mol. The van der Waals surface area contributed by atoms with Crippen LogP contribution in [0.2, 0.25) is 0 Å². The summed E-state index contributed by atoms with van der Waals surface area (Å²) >= 11 is 1.68. The predicted octanol–water partition coefficient (Wildman–Crippen LogP) is 2.85. The number of carboxylic acid groups (broad SMARTS) is 1. The number of hydrogen-bond acceptors (Lipinski definition) is 5. The van der Waals surface area contributed by atoms with Crippen LogP contribution in [0.25, 0.3) is 0 Å². The van der Waals surface area contributed by atoms with Crippen molar-refractivity contribution in [2.45, 2.75) is 32.9 Å². The second-order valence-electron chi connectivity index (χ2n) is 4.20. The summed E-state index contributed by atoms with van der Waals surface area (Å²) in [6, 6.07) is 1.75. The predicted molar refractivity (Wildman–Crippen MR) is 72.4 cm³/mol. The lowest BCUT2D eigenvalue weighted by Gasteiger charge is -2.10. The van der Waals surface area contributed by atoms with Gasteiger partial charge in [-0.15, -0.1) is 11.3 Å². The number of nitrogens with one attached hydrogen (secondary N) is 1. The molecular weight excluding hydrogens is 264 g/mol. The fourth-order valence-corrected chi connectivity index (χ4v) is 2.58. The lowest BCUT2D eigenvalue weighted by atomic mass is 10.2. The number of nitrogens with zero attached hydrogens (tertiary/aromatic N) is 1. The average Bonchev–Trinajstić information content (AvgIpc) is 3.04. The molecule has 0 amide bonds. The molecule has 0 aliphatic rings. The fourth-order valence-electron chi connectivity index (χ4n) is 1.70. The highest BCUT2D eigenvalue weighted by Crippen LogP contribution is 2.21. The second-order valence-corrected chi connectivity index (χ2v) is 5.35. The Balaban J connectivity index is 1.98. The molecule has 0 bridgehead atoms. The molecule has 0 saturated carbocycles. The maximum absolute atomic E-state index is 10.9. The number of furan rings is 1. The molecule has 1 atom stereocenters. The SMILES string of the molecule is CCc1cnc(C(C)NCc2ccoc2C(=O)O)s1. The smallest absolute Gasteiger partial charge is 0.372 e. The van der Waals surface area contributed by atoms with Crippen molar-refractivity contribution in [2.24, 2.45) is 0 Å². The Hall–Kier alpha value is -1.66. The van der Waals surface area contributed by atoms with E-state index in [1.807, 2.05) is 13.1 Å². The van der Waals surface area contributed by atoms with Crippen LogP contribution in [0.5, 0.6) is 0 Å². The first kappa shape index (κ1) is 13.8. The summed E-state index contributed by atoms with van der Waals surface area (Å²) in [5.74, 6) is -1.05. The normalized spacial score (nSPS) is 12.5. The molecule has 2 N–H and O–H groups in total. The van der Waals surface area contributed by atoms with Crippen molar-refractivity contribution >= 4 is 17.3 Å². The molecule has 0 fully saturated rings. The highest BCUT2D eigenvalue weighted by atomic mass is 32.1. The van der Waals surface area contributed by atoms with Crippen LogP contribution >= 0.6 is 11.3 Å². The van der Waals surface area contributed by atoms with E-state index >= 15 is 0 Å². The topological polar surface area (TPSA) is 75.4 Å². The van der Waals surface area contributed by atoms with Crippen LogP contribution < -0.4 is 5.32 Å². The number of hydrogen-bond donors (Lipinski definition) is 2. The van der Waals surface area contributed by atoms with Crippen molar-refractivity contribution in [1.82, 2.24) is 10.3 Å². The van der Waals surface area contributed by atoms with E-state index in [0.29, 0.717) is 12.1 Å². The van der Waals surface area contributed by atoms with E-state index in [1.165, 1.54) is 11.1 Å². The summed E-state index contributed by atoms with van der Waals surface area (Å²) in [7, 11) is 0. The number of aromatic carboxylic acids is 1. The first-order valence-corrected chi connectivity index (χ1v) is 6.91. The summed E-state index contributed by atoms with van der Waals surface area (Å²) in [6.07, 6.45) is 4.26. The number of carbonyl (C=O) groups is 1. The van der Waals surface area contributed by atoms with Gasteiger partial charge in [0.15, 0.2) is 0 Å². The van der Waals surface area contributed by atoms with Gasteiger partial charge < -0.3 is 14.8 Å². The number of carboxylic acids is 1. The maximum Gasteiger partial charge on any atom is 0.372 e. The zero-order chi connectivity index (χ0) is 13.8. The molecule has 19 heavy (non-hydrogen) atoms.